The highest BCUT2D eigenvalue weighted by atomic mass is 16.2. The summed E-state index contributed by atoms with van der Waals surface area (Å²) in [6.45, 7) is 7.39. The summed E-state index contributed by atoms with van der Waals surface area (Å²) in [6.07, 6.45) is 7.10. The first kappa shape index (κ1) is 13.9. The molecule has 2 fully saturated rings. The van der Waals surface area contributed by atoms with Gasteiger partial charge >= 0.3 is 0 Å². The van der Waals surface area contributed by atoms with Crippen LogP contribution in [0.25, 0.3) is 0 Å². The van der Waals surface area contributed by atoms with Gasteiger partial charge in [-0.1, -0.05) is 20.3 Å². The van der Waals surface area contributed by atoms with E-state index in [-0.39, 0.29) is 0 Å². The Hall–Kier alpha value is -0.570. The van der Waals surface area contributed by atoms with Crippen LogP contribution in [0, 0.1) is 11.8 Å². The third-order valence-electron chi connectivity index (χ3n) is 4.40. The van der Waals surface area contributed by atoms with Crippen molar-refractivity contribution in [2.24, 2.45) is 11.8 Å². The Labute approximate surface area is 111 Å². The number of hydrogen-bond donors (Lipinski definition) is 1. The summed E-state index contributed by atoms with van der Waals surface area (Å²) in [5, 5.41) is 3.69. The minimum atomic E-state index is 0.347. The molecule has 0 aromatic carbocycles. The summed E-state index contributed by atoms with van der Waals surface area (Å²) in [5.41, 5.74) is 0. The van der Waals surface area contributed by atoms with E-state index in [4.69, 9.17) is 0 Å². The van der Waals surface area contributed by atoms with E-state index in [0.717, 1.165) is 32.0 Å². The maximum absolute atomic E-state index is 12.0. The van der Waals surface area contributed by atoms with Gasteiger partial charge in [0.25, 0.3) is 0 Å². The monoisotopic (exact) mass is 252 g/mol. The molecule has 0 bridgehead atoms. The standard InChI is InChI=1S/C15H28N2O/c1-3-5-15(18)17-10-12(2)8-14(11-17)16-9-13-6-4-7-13/h12-14,16H,3-11H2,1-2H3. The number of hydrogen-bond acceptors (Lipinski definition) is 2. The lowest BCUT2D eigenvalue weighted by Gasteiger charge is -2.38. The molecule has 1 heterocycles. The molecule has 1 aliphatic heterocycles. The smallest absolute Gasteiger partial charge is 0.222 e. The number of amides is 1. The summed E-state index contributed by atoms with van der Waals surface area (Å²) in [4.78, 5) is 14.1. The van der Waals surface area contributed by atoms with E-state index in [1.165, 1.54) is 25.7 Å². The molecule has 2 rings (SSSR count). The Kier molecular flexibility index (Phi) is 5.04. The number of nitrogens with zero attached hydrogens (tertiary/aromatic N) is 1. The van der Waals surface area contributed by atoms with Crippen LogP contribution in [0.5, 0.6) is 0 Å². The zero-order valence-corrected chi connectivity index (χ0v) is 12.0. The van der Waals surface area contributed by atoms with Gasteiger partial charge in [0.2, 0.25) is 5.91 Å². The Morgan fingerprint density at radius 1 is 1.33 bits per heavy atom. The molecular formula is C15H28N2O. The molecule has 1 aliphatic carbocycles. The van der Waals surface area contributed by atoms with Gasteiger partial charge in [0.05, 0.1) is 0 Å². The number of carbonyl (C=O) groups is 1. The first-order chi connectivity index (χ1) is 8.69. The summed E-state index contributed by atoms with van der Waals surface area (Å²) in [5.74, 6) is 1.89. The van der Waals surface area contributed by atoms with E-state index in [2.05, 4.69) is 24.1 Å². The van der Waals surface area contributed by atoms with E-state index in [9.17, 15) is 4.79 Å². The van der Waals surface area contributed by atoms with Gasteiger partial charge in [0, 0.05) is 25.6 Å². The fourth-order valence-electron chi connectivity index (χ4n) is 3.11. The molecule has 0 aromatic rings. The van der Waals surface area contributed by atoms with Gasteiger partial charge in [0.15, 0.2) is 0 Å². The molecule has 3 nitrogen and oxygen atoms in total. The molecule has 1 saturated heterocycles. The van der Waals surface area contributed by atoms with Crippen molar-refractivity contribution >= 4 is 5.91 Å². The van der Waals surface area contributed by atoms with Crippen molar-refractivity contribution in [3.05, 3.63) is 0 Å². The minimum Gasteiger partial charge on any atom is -0.341 e. The highest BCUT2D eigenvalue weighted by molar-refractivity contribution is 5.76. The lowest BCUT2D eigenvalue weighted by atomic mass is 9.85. The number of rotatable bonds is 5. The largest absolute Gasteiger partial charge is 0.341 e. The molecule has 104 valence electrons. The minimum absolute atomic E-state index is 0.347. The molecule has 0 spiro atoms. The zero-order valence-electron chi connectivity index (χ0n) is 12.0. The van der Waals surface area contributed by atoms with Gasteiger partial charge in [0.1, 0.15) is 0 Å². The van der Waals surface area contributed by atoms with Crippen LogP contribution in [0.1, 0.15) is 52.4 Å². The van der Waals surface area contributed by atoms with E-state index in [0.29, 0.717) is 24.3 Å². The summed E-state index contributed by atoms with van der Waals surface area (Å²) < 4.78 is 0. The lowest BCUT2D eigenvalue weighted by molar-refractivity contribution is -0.133. The van der Waals surface area contributed by atoms with Crippen LogP contribution in [-0.2, 0) is 4.79 Å². The number of likely N-dealkylation sites (tertiary alicyclic amines) is 1. The molecule has 0 aromatic heterocycles. The first-order valence-electron chi connectivity index (χ1n) is 7.70. The summed E-state index contributed by atoms with van der Waals surface area (Å²) in [6, 6.07) is 0.523. The second-order valence-electron chi connectivity index (χ2n) is 6.29. The fraction of sp³-hybridized carbons (Fsp3) is 0.933. The Morgan fingerprint density at radius 3 is 2.72 bits per heavy atom. The zero-order chi connectivity index (χ0) is 13.0. The van der Waals surface area contributed by atoms with Crippen LogP contribution in [0.3, 0.4) is 0 Å². The molecular weight excluding hydrogens is 224 g/mol. The average Bonchev–Trinajstić information content (AvgIpc) is 2.26. The maximum Gasteiger partial charge on any atom is 0.222 e. The molecule has 1 N–H and O–H groups in total. The predicted molar refractivity (Wildman–Crippen MR) is 74.4 cm³/mol. The van der Waals surface area contributed by atoms with Gasteiger partial charge in [-0.3, -0.25) is 4.79 Å². The Balaban J connectivity index is 1.77. The summed E-state index contributed by atoms with van der Waals surface area (Å²) in [7, 11) is 0. The number of nitrogens with one attached hydrogen (secondary N) is 1. The van der Waals surface area contributed by atoms with Crippen LogP contribution in [0.4, 0.5) is 0 Å². The summed E-state index contributed by atoms with van der Waals surface area (Å²) >= 11 is 0. The molecule has 18 heavy (non-hydrogen) atoms. The van der Waals surface area contributed by atoms with Gasteiger partial charge in [-0.2, -0.15) is 0 Å². The van der Waals surface area contributed by atoms with Crippen molar-refractivity contribution in [3.63, 3.8) is 0 Å². The van der Waals surface area contributed by atoms with Crippen molar-refractivity contribution in [2.45, 2.75) is 58.4 Å². The van der Waals surface area contributed by atoms with E-state index in [1.807, 2.05) is 0 Å². The molecule has 2 atom stereocenters. The van der Waals surface area contributed by atoms with Crippen LogP contribution >= 0.6 is 0 Å². The topological polar surface area (TPSA) is 32.3 Å². The lowest BCUT2D eigenvalue weighted by Crippen LogP contribution is -2.51. The van der Waals surface area contributed by atoms with E-state index >= 15 is 0 Å². The fourth-order valence-corrected chi connectivity index (χ4v) is 3.11. The normalized spacial score (nSPS) is 29.1. The molecule has 0 radical (unpaired) electrons. The molecule has 1 saturated carbocycles. The van der Waals surface area contributed by atoms with Crippen molar-refractivity contribution in [1.29, 1.82) is 0 Å². The van der Waals surface area contributed by atoms with Gasteiger partial charge in [-0.15, -0.1) is 0 Å². The SMILES string of the molecule is CCCC(=O)N1CC(C)CC(NCC2CCC2)C1. The van der Waals surface area contributed by atoms with Crippen LogP contribution in [0.2, 0.25) is 0 Å². The Morgan fingerprint density at radius 2 is 2.11 bits per heavy atom. The van der Waals surface area contributed by atoms with Crippen molar-refractivity contribution in [3.8, 4) is 0 Å². The quantitative estimate of drug-likeness (QED) is 0.815. The van der Waals surface area contributed by atoms with Crippen LogP contribution < -0.4 is 5.32 Å². The van der Waals surface area contributed by atoms with Gasteiger partial charge in [-0.25, -0.2) is 0 Å². The van der Waals surface area contributed by atoms with Crippen LogP contribution in [0.15, 0.2) is 0 Å². The van der Waals surface area contributed by atoms with Crippen LogP contribution in [-0.4, -0.2) is 36.5 Å². The highest BCUT2D eigenvalue weighted by Gasteiger charge is 2.28. The average molecular weight is 252 g/mol. The second-order valence-corrected chi connectivity index (χ2v) is 6.29. The third kappa shape index (κ3) is 3.71. The first-order valence-corrected chi connectivity index (χ1v) is 7.70. The van der Waals surface area contributed by atoms with Crippen molar-refractivity contribution in [2.75, 3.05) is 19.6 Å². The van der Waals surface area contributed by atoms with Gasteiger partial charge in [-0.05, 0) is 44.1 Å². The number of carbonyl (C=O) groups excluding carboxylic acids is 1. The third-order valence-corrected chi connectivity index (χ3v) is 4.40. The molecule has 3 heteroatoms. The maximum atomic E-state index is 12.0. The van der Waals surface area contributed by atoms with Gasteiger partial charge < -0.3 is 10.2 Å². The van der Waals surface area contributed by atoms with Crippen molar-refractivity contribution in [1.82, 2.24) is 10.2 Å². The highest BCUT2D eigenvalue weighted by Crippen LogP contribution is 2.26. The second kappa shape index (κ2) is 6.55. The molecule has 2 unspecified atom stereocenters. The predicted octanol–water partition coefficient (Wildman–Crippen LogP) is 2.41. The van der Waals surface area contributed by atoms with E-state index < -0.39 is 0 Å². The Bertz CT molecular complexity index is 276. The van der Waals surface area contributed by atoms with E-state index in [1.54, 1.807) is 0 Å². The van der Waals surface area contributed by atoms with Crippen molar-refractivity contribution < 1.29 is 4.79 Å². The molecule has 1 amide bonds. The molecule has 2 aliphatic rings. The number of piperidine rings is 1.